The third-order valence-corrected chi connectivity index (χ3v) is 4.64. The summed E-state index contributed by atoms with van der Waals surface area (Å²) in [7, 11) is 0. The van der Waals surface area contributed by atoms with Gasteiger partial charge in [0.25, 0.3) is 0 Å². The number of rotatable bonds is 21. The van der Waals surface area contributed by atoms with Gasteiger partial charge in [0.2, 0.25) is 5.91 Å². The standard InChI is InChI=1S/C20H34Cl3NO5/c21-8-5-18(25)4-1-2-12-28-15-17(14-19(26)6-9-22)16-29-13-3-11-24-20(27)7-10-23/h17H,1-16H2,(H,24,27). The van der Waals surface area contributed by atoms with Crippen LogP contribution in [-0.4, -0.2) is 68.1 Å². The number of ketones is 2. The molecule has 1 amide bonds. The van der Waals surface area contributed by atoms with Crippen LogP contribution in [0, 0.1) is 5.92 Å². The van der Waals surface area contributed by atoms with Gasteiger partial charge in [0, 0.05) is 75.4 Å². The van der Waals surface area contributed by atoms with E-state index in [2.05, 4.69) is 5.32 Å². The second-order valence-corrected chi connectivity index (χ2v) is 7.91. The third-order valence-electron chi connectivity index (χ3n) is 4.07. The summed E-state index contributed by atoms with van der Waals surface area (Å²) in [6.07, 6.45) is 4.22. The Morgan fingerprint density at radius 2 is 1.31 bits per heavy atom. The van der Waals surface area contributed by atoms with Crippen LogP contribution in [0.5, 0.6) is 0 Å². The van der Waals surface area contributed by atoms with Gasteiger partial charge < -0.3 is 14.8 Å². The molecule has 0 aliphatic rings. The predicted molar refractivity (Wildman–Crippen MR) is 117 cm³/mol. The van der Waals surface area contributed by atoms with Crippen LogP contribution in [0.3, 0.4) is 0 Å². The second kappa shape index (κ2) is 20.9. The van der Waals surface area contributed by atoms with E-state index in [0.717, 1.165) is 12.8 Å². The molecule has 0 fully saturated rings. The largest absolute Gasteiger partial charge is 0.381 e. The van der Waals surface area contributed by atoms with Crippen LogP contribution >= 0.6 is 34.8 Å². The zero-order valence-corrected chi connectivity index (χ0v) is 19.3. The number of Topliss-reactive ketones (excluding diaryl/α,β-unsaturated/α-hetero) is 2. The number of unbranched alkanes of at least 4 members (excludes halogenated alkanes) is 1. The zero-order valence-electron chi connectivity index (χ0n) is 17.1. The third kappa shape index (κ3) is 19.3. The number of alkyl halides is 3. The fourth-order valence-corrected chi connectivity index (χ4v) is 3.12. The van der Waals surface area contributed by atoms with E-state index in [1.165, 1.54) is 0 Å². The van der Waals surface area contributed by atoms with Crippen molar-refractivity contribution in [1.29, 1.82) is 0 Å². The summed E-state index contributed by atoms with van der Waals surface area (Å²) in [5.74, 6) is 1.16. The highest BCUT2D eigenvalue weighted by Gasteiger charge is 2.14. The van der Waals surface area contributed by atoms with Crippen LogP contribution in [0.4, 0.5) is 0 Å². The Morgan fingerprint density at radius 3 is 1.93 bits per heavy atom. The van der Waals surface area contributed by atoms with Crippen molar-refractivity contribution in [2.24, 2.45) is 5.92 Å². The van der Waals surface area contributed by atoms with Crippen molar-refractivity contribution in [3.8, 4) is 0 Å². The molecule has 0 heterocycles. The highest BCUT2D eigenvalue weighted by atomic mass is 35.5. The van der Waals surface area contributed by atoms with Gasteiger partial charge in [-0.3, -0.25) is 14.4 Å². The molecule has 6 nitrogen and oxygen atoms in total. The minimum atomic E-state index is -0.0673. The first-order valence-corrected chi connectivity index (χ1v) is 11.8. The summed E-state index contributed by atoms with van der Waals surface area (Å²) in [6.45, 7) is 2.41. The second-order valence-electron chi connectivity index (χ2n) is 6.77. The number of halogens is 3. The van der Waals surface area contributed by atoms with Crippen LogP contribution in [0.25, 0.3) is 0 Å². The van der Waals surface area contributed by atoms with E-state index in [1.54, 1.807) is 0 Å². The first-order chi connectivity index (χ1) is 14.0. The normalized spacial score (nSPS) is 12.0. The van der Waals surface area contributed by atoms with Crippen LogP contribution in [0.15, 0.2) is 0 Å². The Labute approximate surface area is 189 Å². The fourth-order valence-electron chi connectivity index (χ4n) is 2.53. The van der Waals surface area contributed by atoms with Gasteiger partial charge in [-0.25, -0.2) is 0 Å². The van der Waals surface area contributed by atoms with Crippen molar-refractivity contribution < 1.29 is 23.9 Å². The van der Waals surface area contributed by atoms with E-state index in [0.29, 0.717) is 89.1 Å². The molecule has 0 aliphatic carbocycles. The molecule has 0 aromatic rings. The lowest BCUT2D eigenvalue weighted by Gasteiger charge is -2.17. The molecule has 9 heteroatoms. The highest BCUT2D eigenvalue weighted by Crippen LogP contribution is 2.10. The molecule has 170 valence electrons. The summed E-state index contributed by atoms with van der Waals surface area (Å²) >= 11 is 16.7. The van der Waals surface area contributed by atoms with Crippen LogP contribution in [-0.2, 0) is 23.9 Å². The van der Waals surface area contributed by atoms with Crippen LogP contribution in [0.1, 0.15) is 51.4 Å². The summed E-state index contributed by atoms with van der Waals surface area (Å²) in [4.78, 5) is 34.6. The molecule has 0 saturated carbocycles. The molecule has 0 aromatic carbocycles. The first kappa shape index (κ1) is 28.6. The van der Waals surface area contributed by atoms with Gasteiger partial charge in [0.15, 0.2) is 0 Å². The molecule has 1 unspecified atom stereocenters. The van der Waals surface area contributed by atoms with Gasteiger partial charge in [0.05, 0.1) is 13.2 Å². The van der Waals surface area contributed by atoms with E-state index in [-0.39, 0.29) is 23.4 Å². The molecule has 0 aromatic heterocycles. The van der Waals surface area contributed by atoms with Crippen LogP contribution < -0.4 is 5.32 Å². The van der Waals surface area contributed by atoms with Crippen molar-refractivity contribution in [2.45, 2.75) is 51.4 Å². The maximum Gasteiger partial charge on any atom is 0.221 e. The molecule has 0 rings (SSSR count). The topological polar surface area (TPSA) is 81.7 Å². The summed E-state index contributed by atoms with van der Waals surface area (Å²) in [5, 5.41) is 2.76. The zero-order chi connectivity index (χ0) is 21.7. The average molecular weight is 475 g/mol. The Morgan fingerprint density at radius 1 is 0.724 bits per heavy atom. The van der Waals surface area contributed by atoms with E-state index in [4.69, 9.17) is 44.3 Å². The summed E-state index contributed by atoms with van der Waals surface area (Å²) < 4.78 is 11.3. The molecular formula is C20H34Cl3NO5. The lowest BCUT2D eigenvalue weighted by molar-refractivity contribution is -0.121. The van der Waals surface area contributed by atoms with Crippen molar-refractivity contribution >= 4 is 52.3 Å². The van der Waals surface area contributed by atoms with Gasteiger partial charge in [-0.1, -0.05) is 0 Å². The Hall–Kier alpha value is -0.400. The Bertz CT molecular complexity index is 422. The summed E-state index contributed by atoms with van der Waals surface area (Å²) in [6, 6.07) is 0. The maximum atomic E-state index is 11.9. The van der Waals surface area contributed by atoms with Crippen molar-refractivity contribution in [3.63, 3.8) is 0 Å². The molecule has 0 aliphatic heterocycles. The van der Waals surface area contributed by atoms with Crippen molar-refractivity contribution in [1.82, 2.24) is 5.32 Å². The lowest BCUT2D eigenvalue weighted by Crippen LogP contribution is -2.26. The summed E-state index contributed by atoms with van der Waals surface area (Å²) in [5.41, 5.74) is 0. The highest BCUT2D eigenvalue weighted by molar-refractivity contribution is 6.19. The molecular weight excluding hydrogens is 441 g/mol. The van der Waals surface area contributed by atoms with E-state index in [1.807, 2.05) is 0 Å². The van der Waals surface area contributed by atoms with Gasteiger partial charge in [0.1, 0.15) is 11.6 Å². The maximum absolute atomic E-state index is 11.9. The number of ether oxygens (including phenoxy) is 2. The smallest absolute Gasteiger partial charge is 0.221 e. The van der Waals surface area contributed by atoms with Gasteiger partial charge >= 0.3 is 0 Å². The number of hydrogen-bond donors (Lipinski definition) is 1. The molecule has 0 saturated heterocycles. The number of nitrogens with one attached hydrogen (secondary N) is 1. The molecule has 1 N–H and O–H groups in total. The van der Waals surface area contributed by atoms with Gasteiger partial charge in [-0.2, -0.15) is 0 Å². The van der Waals surface area contributed by atoms with Crippen molar-refractivity contribution in [3.05, 3.63) is 0 Å². The number of hydrogen-bond acceptors (Lipinski definition) is 5. The van der Waals surface area contributed by atoms with Crippen molar-refractivity contribution in [2.75, 3.05) is 50.6 Å². The van der Waals surface area contributed by atoms with Gasteiger partial charge in [-0.15, -0.1) is 34.8 Å². The minimum Gasteiger partial charge on any atom is -0.381 e. The molecule has 0 radical (unpaired) electrons. The number of carbonyl (C=O) groups is 3. The number of amides is 1. The predicted octanol–water partition coefficient (Wildman–Crippen LogP) is 3.73. The lowest BCUT2D eigenvalue weighted by atomic mass is 10.0. The average Bonchev–Trinajstić information content (AvgIpc) is 2.67. The monoisotopic (exact) mass is 473 g/mol. The van der Waals surface area contributed by atoms with E-state index < -0.39 is 0 Å². The molecule has 0 spiro atoms. The fraction of sp³-hybridized carbons (Fsp3) is 0.850. The SMILES string of the molecule is O=C(CCCl)CCCCOCC(COCCCNC(=O)CCCl)CC(=O)CCCl. The Kier molecular flexibility index (Phi) is 20.6. The molecule has 0 bridgehead atoms. The van der Waals surface area contributed by atoms with Crippen LogP contribution in [0.2, 0.25) is 0 Å². The van der Waals surface area contributed by atoms with E-state index in [9.17, 15) is 14.4 Å². The Balaban J connectivity index is 3.98. The minimum absolute atomic E-state index is 0.0329. The van der Waals surface area contributed by atoms with Gasteiger partial charge in [-0.05, 0) is 19.3 Å². The molecule has 1 atom stereocenters. The quantitative estimate of drug-likeness (QED) is 0.202. The molecule has 29 heavy (non-hydrogen) atoms. The number of carbonyl (C=O) groups excluding carboxylic acids is 3. The first-order valence-electron chi connectivity index (χ1n) is 10.2. The van der Waals surface area contributed by atoms with E-state index >= 15 is 0 Å².